The largest absolute Gasteiger partial charge is 0.396 e. The molecule has 0 aliphatic heterocycles. The van der Waals surface area contributed by atoms with Gasteiger partial charge in [-0.05, 0) is 31.2 Å². The van der Waals surface area contributed by atoms with Crippen molar-refractivity contribution in [1.82, 2.24) is 4.90 Å². The van der Waals surface area contributed by atoms with Gasteiger partial charge >= 0.3 is 0 Å². The predicted molar refractivity (Wildman–Crippen MR) is 112 cm³/mol. The van der Waals surface area contributed by atoms with Gasteiger partial charge in [-0.2, -0.15) is 0 Å². The van der Waals surface area contributed by atoms with E-state index in [1.54, 1.807) is 43.5 Å². The van der Waals surface area contributed by atoms with E-state index in [0.29, 0.717) is 41.4 Å². The van der Waals surface area contributed by atoms with E-state index in [9.17, 15) is 19.1 Å². The van der Waals surface area contributed by atoms with Crippen molar-refractivity contribution in [2.24, 2.45) is 0 Å². The Bertz CT molecular complexity index is 888. The van der Waals surface area contributed by atoms with Gasteiger partial charge in [-0.15, -0.1) is 6.58 Å². The zero-order chi connectivity index (χ0) is 21.4. The highest BCUT2D eigenvalue weighted by Crippen LogP contribution is 2.26. The maximum atomic E-state index is 14.2. The number of hydrogen-bond acceptors (Lipinski definition) is 6. The number of anilines is 2. The summed E-state index contributed by atoms with van der Waals surface area (Å²) in [6.07, 6.45) is 3.44. The quantitative estimate of drug-likeness (QED) is 0.233. The van der Waals surface area contributed by atoms with Gasteiger partial charge in [0.25, 0.3) is 0 Å². The van der Waals surface area contributed by atoms with Crippen LogP contribution >= 0.6 is 0 Å². The van der Waals surface area contributed by atoms with Gasteiger partial charge in [0, 0.05) is 36.3 Å². The number of allylic oxidation sites excluding steroid dienone is 1. The number of aliphatic hydroxyl groups is 1. The van der Waals surface area contributed by atoms with E-state index in [0.717, 1.165) is 0 Å². The molecule has 0 aliphatic rings. The number of carbonyl (C=O) groups excluding carboxylic acids is 2. The molecule has 0 aliphatic carbocycles. The van der Waals surface area contributed by atoms with Gasteiger partial charge in [0.1, 0.15) is 6.29 Å². The lowest BCUT2D eigenvalue weighted by molar-refractivity contribution is -0.147. The van der Waals surface area contributed by atoms with Gasteiger partial charge in [-0.1, -0.05) is 30.3 Å². The minimum atomic E-state index is -1.69. The third-order valence-electron chi connectivity index (χ3n) is 4.88. The van der Waals surface area contributed by atoms with Gasteiger partial charge in [-0.25, -0.2) is 4.39 Å². The Morgan fingerprint density at radius 3 is 2.66 bits per heavy atom. The van der Waals surface area contributed by atoms with Crippen molar-refractivity contribution in [2.75, 3.05) is 18.1 Å². The Balaban J connectivity index is 2.29. The maximum absolute atomic E-state index is 14.2. The first-order valence-electron chi connectivity index (χ1n) is 9.21. The summed E-state index contributed by atoms with van der Waals surface area (Å²) in [5.74, 6) is -0.495. The molecule has 7 heteroatoms. The smallest absolute Gasteiger partial charge is 0.175 e. The summed E-state index contributed by atoms with van der Waals surface area (Å²) in [5.41, 5.74) is 5.96. The van der Waals surface area contributed by atoms with Crippen LogP contribution in [0.1, 0.15) is 34.3 Å². The lowest BCUT2D eigenvalue weighted by Crippen LogP contribution is -2.47. The van der Waals surface area contributed by atoms with Crippen molar-refractivity contribution >= 4 is 23.9 Å². The molecule has 1 atom stereocenters. The molecule has 0 aromatic heterocycles. The van der Waals surface area contributed by atoms with Crippen LogP contribution < -0.4 is 11.1 Å². The van der Waals surface area contributed by atoms with Gasteiger partial charge < -0.3 is 16.2 Å². The van der Waals surface area contributed by atoms with E-state index < -0.39 is 11.5 Å². The van der Waals surface area contributed by atoms with Crippen LogP contribution in [0.25, 0.3) is 0 Å². The number of nitrogens with zero attached hydrogens (tertiary/aromatic N) is 1. The lowest BCUT2D eigenvalue weighted by atomic mass is 10.0. The highest BCUT2D eigenvalue weighted by atomic mass is 19.1. The van der Waals surface area contributed by atoms with E-state index in [4.69, 9.17) is 5.73 Å². The highest BCUT2D eigenvalue weighted by Gasteiger charge is 2.31. The normalized spacial score (nSPS) is 13.0. The van der Waals surface area contributed by atoms with Gasteiger partial charge in [0.05, 0.1) is 5.69 Å². The van der Waals surface area contributed by atoms with Crippen LogP contribution in [-0.4, -0.2) is 35.4 Å². The third-order valence-corrected chi connectivity index (χ3v) is 4.88. The Hall–Kier alpha value is -3.03. The number of aldehydes is 2. The third kappa shape index (κ3) is 5.28. The average molecular weight is 399 g/mol. The molecule has 29 heavy (non-hydrogen) atoms. The molecule has 0 heterocycles. The predicted octanol–water partition coefficient (Wildman–Crippen LogP) is 3.12. The number of nitrogens with two attached hydrogens (primary N) is 1. The van der Waals surface area contributed by atoms with E-state index >= 15 is 0 Å². The Labute approximate surface area is 169 Å². The number of halogens is 1. The van der Waals surface area contributed by atoms with Crippen LogP contribution in [0.5, 0.6) is 0 Å². The van der Waals surface area contributed by atoms with Crippen molar-refractivity contribution in [2.45, 2.75) is 31.7 Å². The number of rotatable bonds is 11. The first-order chi connectivity index (χ1) is 13.9. The van der Waals surface area contributed by atoms with Crippen LogP contribution in [0.15, 0.2) is 49.1 Å². The summed E-state index contributed by atoms with van der Waals surface area (Å²) in [6, 6.07) is 9.87. The molecule has 0 saturated heterocycles. The number of likely N-dealkylation sites (N-methyl/N-ethyl adjacent to an activating group) is 1. The second-order valence-electron chi connectivity index (χ2n) is 6.84. The fraction of sp³-hybridized carbons (Fsp3) is 0.273. The number of carbonyl (C=O) groups is 2. The number of benzene rings is 2. The zero-order valence-electron chi connectivity index (χ0n) is 16.4. The fourth-order valence-electron chi connectivity index (χ4n) is 3.01. The zero-order valence-corrected chi connectivity index (χ0v) is 16.4. The second-order valence-corrected chi connectivity index (χ2v) is 6.84. The summed E-state index contributed by atoms with van der Waals surface area (Å²) >= 11 is 0. The molecule has 2 aromatic carbocycles. The van der Waals surface area contributed by atoms with Gasteiger partial charge in [0.15, 0.2) is 17.8 Å². The van der Waals surface area contributed by atoms with Crippen LogP contribution in [0.4, 0.5) is 15.8 Å². The Morgan fingerprint density at radius 1 is 1.28 bits per heavy atom. The minimum absolute atomic E-state index is 0.0594. The van der Waals surface area contributed by atoms with Crippen LogP contribution in [-0.2, 0) is 17.9 Å². The van der Waals surface area contributed by atoms with Crippen molar-refractivity contribution in [3.8, 4) is 0 Å². The molecule has 0 amide bonds. The van der Waals surface area contributed by atoms with Crippen LogP contribution in [0.3, 0.4) is 0 Å². The maximum Gasteiger partial charge on any atom is 0.175 e. The Morgan fingerprint density at radius 2 is 2.00 bits per heavy atom. The topological polar surface area (TPSA) is 95.7 Å². The van der Waals surface area contributed by atoms with Crippen molar-refractivity contribution in [3.63, 3.8) is 0 Å². The average Bonchev–Trinajstić information content (AvgIpc) is 2.73. The summed E-state index contributed by atoms with van der Waals surface area (Å²) in [5, 5.41) is 13.8. The molecule has 0 saturated carbocycles. The summed E-state index contributed by atoms with van der Waals surface area (Å²) in [6.45, 7) is 3.89. The SMILES string of the molecule is C=CCCC(O)(C=O)N(C)Cc1c(C=O)cccc1NCc1cccc(N)c1F. The molecule has 6 nitrogen and oxygen atoms in total. The lowest BCUT2D eigenvalue weighted by Gasteiger charge is -2.33. The molecule has 2 rings (SSSR count). The molecular weight excluding hydrogens is 373 g/mol. The van der Waals surface area contributed by atoms with E-state index in [2.05, 4.69) is 11.9 Å². The summed E-state index contributed by atoms with van der Waals surface area (Å²) in [7, 11) is 1.60. The van der Waals surface area contributed by atoms with Crippen LogP contribution in [0, 0.1) is 5.82 Å². The standard InChI is InChI=1S/C22H26FN3O3/c1-3-4-11-22(29,15-28)26(2)13-18-17(14-27)8-6-10-20(18)25-12-16-7-5-9-19(24)21(16)23/h3,5-10,14-15,25,29H,1,4,11-13,24H2,2H3. The fourth-order valence-corrected chi connectivity index (χ4v) is 3.01. The van der Waals surface area contributed by atoms with Crippen LogP contribution in [0.2, 0.25) is 0 Å². The van der Waals surface area contributed by atoms with E-state index in [-0.39, 0.29) is 25.2 Å². The molecule has 0 radical (unpaired) electrons. The molecule has 1 unspecified atom stereocenters. The van der Waals surface area contributed by atoms with E-state index in [1.165, 1.54) is 11.0 Å². The van der Waals surface area contributed by atoms with E-state index in [1.807, 2.05) is 0 Å². The molecule has 2 aromatic rings. The minimum Gasteiger partial charge on any atom is -0.396 e. The molecule has 154 valence electrons. The molecule has 0 spiro atoms. The van der Waals surface area contributed by atoms with Crippen molar-refractivity contribution < 1.29 is 19.1 Å². The molecule has 4 N–H and O–H groups in total. The van der Waals surface area contributed by atoms with Crippen molar-refractivity contribution in [3.05, 3.63) is 71.6 Å². The number of nitrogen functional groups attached to an aromatic ring is 1. The van der Waals surface area contributed by atoms with Gasteiger partial charge in [0.2, 0.25) is 0 Å². The molecular formula is C22H26FN3O3. The first-order valence-corrected chi connectivity index (χ1v) is 9.21. The van der Waals surface area contributed by atoms with Crippen molar-refractivity contribution in [1.29, 1.82) is 0 Å². The number of nitrogens with one attached hydrogen (secondary N) is 1. The summed E-state index contributed by atoms with van der Waals surface area (Å²) in [4.78, 5) is 24.5. The molecule has 0 fully saturated rings. The monoisotopic (exact) mass is 399 g/mol. The number of hydrogen-bond donors (Lipinski definition) is 3. The first kappa shape index (κ1) is 22.3. The van der Waals surface area contributed by atoms with Gasteiger partial charge in [-0.3, -0.25) is 14.5 Å². The summed E-state index contributed by atoms with van der Waals surface area (Å²) < 4.78 is 14.2. The highest BCUT2D eigenvalue weighted by molar-refractivity contribution is 5.81. The molecule has 0 bridgehead atoms. The second kappa shape index (κ2) is 9.95. The Kier molecular flexibility index (Phi) is 7.64.